The molecule has 0 spiro atoms. The van der Waals surface area contributed by atoms with Crippen molar-refractivity contribution in [2.75, 3.05) is 0 Å². The quantitative estimate of drug-likeness (QED) is 0.609. The molecule has 5 nitrogen and oxygen atoms in total. The van der Waals surface area contributed by atoms with Gasteiger partial charge in [0.1, 0.15) is 10.9 Å². The van der Waals surface area contributed by atoms with Crippen LogP contribution in [-0.2, 0) is 7.05 Å². The lowest BCUT2D eigenvalue weighted by atomic mass is 10.6. The molecule has 84 valence electrons. The van der Waals surface area contributed by atoms with Gasteiger partial charge in [-0.1, -0.05) is 0 Å². The molecule has 0 unspecified atom stereocenters. The molecule has 0 aliphatic rings. The summed E-state index contributed by atoms with van der Waals surface area (Å²) in [5, 5.41) is 8.43. The molecule has 0 aliphatic carbocycles. The Morgan fingerprint density at radius 1 is 1.44 bits per heavy atom. The maximum Gasteiger partial charge on any atom is 0.223 e. The lowest BCUT2D eigenvalue weighted by molar-refractivity contribution is 0.578. The molecular weight excluding hydrogens is 253 g/mol. The van der Waals surface area contributed by atoms with Crippen LogP contribution < -0.4 is 0 Å². The first kappa shape index (κ1) is 11.3. The predicted octanol–water partition coefficient (Wildman–Crippen LogP) is 1.86. The first-order valence-corrected chi connectivity index (χ1v) is 5.49. The van der Waals surface area contributed by atoms with Crippen molar-refractivity contribution in [1.82, 2.24) is 24.7 Å². The molecule has 0 N–H and O–H groups in total. The van der Waals surface area contributed by atoms with E-state index in [1.807, 2.05) is 0 Å². The third-order valence-corrected chi connectivity index (χ3v) is 3.12. The van der Waals surface area contributed by atoms with Gasteiger partial charge in [0.15, 0.2) is 11.0 Å². The Hall–Kier alpha value is -1.21. The average molecular weight is 260 g/mol. The minimum atomic E-state index is -0.532. The molecule has 0 amide bonds. The van der Waals surface area contributed by atoms with Gasteiger partial charge in [0.05, 0.1) is 6.20 Å². The number of halogens is 2. The zero-order chi connectivity index (χ0) is 11.7. The second-order valence-electron chi connectivity index (χ2n) is 2.98. The summed E-state index contributed by atoms with van der Waals surface area (Å²) in [5.41, 5.74) is 0. The topological polar surface area (TPSA) is 56.5 Å². The molecule has 0 bridgehead atoms. The molecule has 2 aromatic heterocycles. The second kappa shape index (κ2) is 4.34. The molecule has 0 atom stereocenters. The van der Waals surface area contributed by atoms with E-state index < -0.39 is 5.82 Å². The van der Waals surface area contributed by atoms with Gasteiger partial charge in [-0.25, -0.2) is 14.4 Å². The molecule has 0 radical (unpaired) electrons. The second-order valence-corrected chi connectivity index (χ2v) is 4.28. The average Bonchev–Trinajstić information content (AvgIpc) is 2.55. The van der Waals surface area contributed by atoms with Crippen molar-refractivity contribution >= 4 is 23.4 Å². The van der Waals surface area contributed by atoms with Crippen LogP contribution >= 0.6 is 23.4 Å². The van der Waals surface area contributed by atoms with Crippen molar-refractivity contribution < 1.29 is 4.39 Å². The largest absolute Gasteiger partial charge is 0.309 e. The van der Waals surface area contributed by atoms with Crippen molar-refractivity contribution in [2.24, 2.45) is 7.05 Å². The summed E-state index contributed by atoms with van der Waals surface area (Å²) in [6.07, 6.45) is 1.03. The van der Waals surface area contributed by atoms with Crippen LogP contribution in [0.25, 0.3) is 0 Å². The minimum absolute atomic E-state index is 0.00258. The Balaban J connectivity index is 2.33. The van der Waals surface area contributed by atoms with E-state index in [0.717, 1.165) is 23.8 Å². The van der Waals surface area contributed by atoms with E-state index in [1.54, 1.807) is 18.5 Å². The molecule has 0 saturated carbocycles. The van der Waals surface area contributed by atoms with E-state index in [1.165, 1.54) is 0 Å². The summed E-state index contributed by atoms with van der Waals surface area (Å²) in [7, 11) is 1.79. The fraction of sp³-hybridized carbons (Fsp3) is 0.250. The van der Waals surface area contributed by atoms with Gasteiger partial charge in [-0.3, -0.25) is 0 Å². The predicted molar refractivity (Wildman–Crippen MR) is 56.9 cm³/mol. The summed E-state index contributed by atoms with van der Waals surface area (Å²) >= 11 is 6.64. The van der Waals surface area contributed by atoms with E-state index in [2.05, 4.69) is 20.2 Å². The van der Waals surface area contributed by atoms with Crippen LogP contribution in [-0.4, -0.2) is 24.7 Å². The molecule has 0 fully saturated rings. The van der Waals surface area contributed by atoms with Gasteiger partial charge in [-0.2, -0.15) is 0 Å². The van der Waals surface area contributed by atoms with Crippen LogP contribution in [0.3, 0.4) is 0 Å². The van der Waals surface area contributed by atoms with E-state index in [-0.39, 0.29) is 10.3 Å². The summed E-state index contributed by atoms with van der Waals surface area (Å²) in [6, 6.07) is 0. The highest BCUT2D eigenvalue weighted by Crippen LogP contribution is 2.26. The molecule has 0 aromatic carbocycles. The Labute approximate surface area is 100 Å². The monoisotopic (exact) mass is 259 g/mol. The van der Waals surface area contributed by atoms with Crippen LogP contribution in [0.1, 0.15) is 5.82 Å². The van der Waals surface area contributed by atoms with Gasteiger partial charge in [0, 0.05) is 7.05 Å². The Morgan fingerprint density at radius 3 is 2.81 bits per heavy atom. The third kappa shape index (κ3) is 2.14. The minimum Gasteiger partial charge on any atom is -0.309 e. The normalized spacial score (nSPS) is 10.8. The first-order chi connectivity index (χ1) is 7.58. The first-order valence-electron chi connectivity index (χ1n) is 4.30. The molecule has 2 heterocycles. The molecule has 2 rings (SSSR count). The van der Waals surface area contributed by atoms with Crippen LogP contribution in [0, 0.1) is 12.7 Å². The number of hydrogen-bond donors (Lipinski definition) is 0. The Kier molecular flexibility index (Phi) is 3.06. The summed E-state index contributed by atoms with van der Waals surface area (Å²) in [6.45, 7) is 1.81. The maximum atomic E-state index is 13.3. The van der Waals surface area contributed by atoms with Gasteiger partial charge in [0.2, 0.25) is 5.28 Å². The van der Waals surface area contributed by atoms with Crippen molar-refractivity contribution in [3.05, 3.63) is 23.1 Å². The van der Waals surface area contributed by atoms with Crippen LogP contribution in [0.15, 0.2) is 16.4 Å². The molecule has 0 saturated heterocycles. The van der Waals surface area contributed by atoms with Crippen molar-refractivity contribution in [3.8, 4) is 0 Å². The highest BCUT2D eigenvalue weighted by atomic mass is 35.5. The SMILES string of the molecule is Cc1nnc(Sc2nc(Cl)ncc2F)n1C. The molecule has 2 aromatic rings. The number of hydrogen-bond acceptors (Lipinski definition) is 5. The van der Waals surface area contributed by atoms with Gasteiger partial charge in [-0.05, 0) is 30.3 Å². The zero-order valence-electron chi connectivity index (χ0n) is 8.48. The number of rotatable bonds is 2. The molecule has 16 heavy (non-hydrogen) atoms. The summed E-state index contributed by atoms with van der Waals surface area (Å²) in [5.74, 6) is 0.207. The van der Waals surface area contributed by atoms with E-state index in [4.69, 9.17) is 11.6 Å². The van der Waals surface area contributed by atoms with E-state index >= 15 is 0 Å². The molecular formula is C8H7ClFN5S. The van der Waals surface area contributed by atoms with Crippen LogP contribution in [0.5, 0.6) is 0 Å². The van der Waals surface area contributed by atoms with Crippen molar-refractivity contribution in [3.63, 3.8) is 0 Å². The zero-order valence-corrected chi connectivity index (χ0v) is 10.1. The van der Waals surface area contributed by atoms with E-state index in [0.29, 0.717) is 5.16 Å². The van der Waals surface area contributed by atoms with Crippen LogP contribution in [0.4, 0.5) is 4.39 Å². The van der Waals surface area contributed by atoms with Gasteiger partial charge in [-0.15, -0.1) is 10.2 Å². The lowest BCUT2D eigenvalue weighted by Gasteiger charge is -2.01. The van der Waals surface area contributed by atoms with Gasteiger partial charge in [0.25, 0.3) is 0 Å². The van der Waals surface area contributed by atoms with Crippen molar-refractivity contribution in [2.45, 2.75) is 17.1 Å². The third-order valence-electron chi connectivity index (χ3n) is 1.92. The van der Waals surface area contributed by atoms with Crippen LogP contribution in [0.2, 0.25) is 5.28 Å². The molecule has 8 heteroatoms. The lowest BCUT2D eigenvalue weighted by Crippen LogP contribution is -1.96. The molecule has 0 aliphatic heterocycles. The van der Waals surface area contributed by atoms with Gasteiger partial charge >= 0.3 is 0 Å². The van der Waals surface area contributed by atoms with E-state index in [9.17, 15) is 4.39 Å². The number of nitrogens with zero attached hydrogens (tertiary/aromatic N) is 5. The maximum absolute atomic E-state index is 13.3. The number of aromatic nitrogens is 5. The Morgan fingerprint density at radius 2 is 2.19 bits per heavy atom. The van der Waals surface area contributed by atoms with Crippen molar-refractivity contribution in [1.29, 1.82) is 0 Å². The van der Waals surface area contributed by atoms with Gasteiger partial charge < -0.3 is 4.57 Å². The fourth-order valence-corrected chi connectivity index (χ4v) is 1.96. The smallest absolute Gasteiger partial charge is 0.223 e. The fourth-order valence-electron chi connectivity index (χ4n) is 0.966. The highest BCUT2D eigenvalue weighted by molar-refractivity contribution is 7.99. The number of aryl methyl sites for hydroxylation is 1. The standard InChI is InChI=1S/C8H7ClFN5S/c1-4-13-14-8(15(4)2)16-6-5(10)3-11-7(9)12-6/h3H,1-2H3. The highest BCUT2D eigenvalue weighted by Gasteiger charge is 2.12. The summed E-state index contributed by atoms with van der Waals surface area (Å²) < 4.78 is 15.1. The summed E-state index contributed by atoms with van der Waals surface area (Å²) in [4.78, 5) is 7.31. The Bertz CT molecular complexity index is 529.